The quantitative estimate of drug-likeness (QED) is 0.522. The molecule has 0 atom stereocenters. The van der Waals surface area contributed by atoms with Crippen LogP contribution in [-0.4, -0.2) is 38.5 Å². The second kappa shape index (κ2) is 7.28. The predicted molar refractivity (Wildman–Crippen MR) is 108 cm³/mol. The Labute approximate surface area is 161 Å². The number of aromatic amines is 1. The van der Waals surface area contributed by atoms with Gasteiger partial charge in [-0.05, 0) is 30.7 Å². The summed E-state index contributed by atoms with van der Waals surface area (Å²) in [5.74, 6) is 0.985. The fourth-order valence-electron chi connectivity index (χ4n) is 3.00. The van der Waals surface area contributed by atoms with E-state index in [9.17, 15) is 4.79 Å². The van der Waals surface area contributed by atoms with Crippen molar-refractivity contribution in [1.82, 2.24) is 25.1 Å². The molecule has 4 aromatic rings. The second-order valence-corrected chi connectivity index (χ2v) is 7.13. The van der Waals surface area contributed by atoms with E-state index in [-0.39, 0.29) is 11.7 Å². The van der Waals surface area contributed by atoms with Gasteiger partial charge in [-0.3, -0.25) is 9.36 Å². The van der Waals surface area contributed by atoms with E-state index >= 15 is 0 Å². The third kappa shape index (κ3) is 3.33. The molecule has 136 valence electrons. The summed E-state index contributed by atoms with van der Waals surface area (Å²) in [6.07, 6.45) is 1.95. The molecule has 2 aromatic carbocycles. The van der Waals surface area contributed by atoms with Gasteiger partial charge in [-0.25, -0.2) is 0 Å². The number of carbonyl (C=O) groups is 1. The lowest BCUT2D eigenvalue weighted by Crippen LogP contribution is -2.20. The van der Waals surface area contributed by atoms with Gasteiger partial charge in [-0.15, -0.1) is 10.2 Å². The fourth-order valence-corrected chi connectivity index (χ4v) is 3.82. The molecule has 0 aliphatic rings. The van der Waals surface area contributed by atoms with Gasteiger partial charge in [0.15, 0.2) is 11.0 Å². The minimum Gasteiger partial charge on any atom is -0.360 e. The Morgan fingerprint density at radius 2 is 2.04 bits per heavy atom. The first kappa shape index (κ1) is 17.4. The minimum atomic E-state index is -0.0487. The number of H-pyrrole nitrogens is 1. The maximum Gasteiger partial charge on any atom is 0.230 e. The Bertz CT molecular complexity index is 1110. The summed E-state index contributed by atoms with van der Waals surface area (Å²) >= 11 is 1.37. The van der Waals surface area contributed by atoms with Crippen molar-refractivity contribution < 1.29 is 4.79 Å². The number of aryl methyl sites for hydroxylation is 1. The number of nitrogens with zero attached hydrogens (tertiary/aromatic N) is 3. The highest BCUT2D eigenvalue weighted by Crippen LogP contribution is 2.32. The molecule has 0 fully saturated rings. The smallest absolute Gasteiger partial charge is 0.230 e. The van der Waals surface area contributed by atoms with Gasteiger partial charge in [0.05, 0.1) is 5.75 Å². The van der Waals surface area contributed by atoms with Crippen LogP contribution in [-0.2, 0) is 4.79 Å². The minimum absolute atomic E-state index is 0.0487. The van der Waals surface area contributed by atoms with Crippen LogP contribution in [0.2, 0.25) is 0 Å². The molecule has 0 unspecified atom stereocenters. The molecule has 1 amide bonds. The van der Waals surface area contributed by atoms with Crippen LogP contribution >= 0.6 is 11.8 Å². The first-order valence-corrected chi connectivity index (χ1v) is 9.58. The molecular weight excluding hydrogens is 358 g/mol. The number of amides is 1. The third-order valence-corrected chi connectivity index (χ3v) is 5.26. The topological polar surface area (TPSA) is 75.6 Å². The first-order chi connectivity index (χ1) is 13.2. The molecule has 0 bridgehead atoms. The predicted octanol–water partition coefficient (Wildman–Crippen LogP) is 3.56. The number of carbonyl (C=O) groups excluding carboxylic acids is 1. The molecule has 0 saturated carbocycles. The highest BCUT2D eigenvalue weighted by atomic mass is 32.2. The van der Waals surface area contributed by atoms with Crippen LogP contribution < -0.4 is 5.32 Å². The Morgan fingerprint density at radius 1 is 1.19 bits per heavy atom. The number of fused-ring (bicyclic) bond motifs is 1. The van der Waals surface area contributed by atoms with Crippen LogP contribution in [0.1, 0.15) is 5.56 Å². The van der Waals surface area contributed by atoms with E-state index in [4.69, 9.17) is 0 Å². The molecule has 0 radical (unpaired) electrons. The molecule has 4 rings (SSSR count). The van der Waals surface area contributed by atoms with Gasteiger partial charge >= 0.3 is 0 Å². The molecule has 7 heteroatoms. The third-order valence-electron chi connectivity index (χ3n) is 4.33. The maximum absolute atomic E-state index is 11.7. The van der Waals surface area contributed by atoms with Crippen LogP contribution in [0.25, 0.3) is 28.0 Å². The zero-order valence-electron chi connectivity index (χ0n) is 15.1. The number of rotatable bonds is 5. The number of para-hydroxylation sites is 1. The number of hydrogen-bond acceptors (Lipinski definition) is 4. The Kier molecular flexibility index (Phi) is 4.68. The normalized spacial score (nSPS) is 11.0. The molecule has 0 aliphatic carbocycles. The van der Waals surface area contributed by atoms with Crippen LogP contribution in [0.15, 0.2) is 59.9 Å². The van der Waals surface area contributed by atoms with Crippen molar-refractivity contribution in [2.45, 2.75) is 12.1 Å². The Morgan fingerprint density at radius 3 is 2.85 bits per heavy atom. The monoisotopic (exact) mass is 377 g/mol. The lowest BCUT2D eigenvalue weighted by atomic mass is 10.1. The van der Waals surface area contributed by atoms with E-state index in [1.807, 2.05) is 41.1 Å². The van der Waals surface area contributed by atoms with Gasteiger partial charge in [0, 0.05) is 35.4 Å². The molecule has 2 N–H and O–H groups in total. The SMILES string of the molecule is CNC(=O)CSc1nnc(-c2c[nH]c3ccccc23)n1-c1cccc(C)c1. The summed E-state index contributed by atoms with van der Waals surface area (Å²) in [5, 5.41) is 13.2. The molecule has 0 saturated heterocycles. The van der Waals surface area contributed by atoms with Crippen molar-refractivity contribution in [1.29, 1.82) is 0 Å². The van der Waals surface area contributed by atoms with Crippen molar-refractivity contribution in [2.75, 3.05) is 12.8 Å². The Hall–Kier alpha value is -3.06. The number of thioether (sulfide) groups is 1. The Balaban J connectivity index is 1.86. The molecule has 0 spiro atoms. The first-order valence-electron chi connectivity index (χ1n) is 8.59. The molecule has 6 nitrogen and oxygen atoms in total. The number of nitrogens with one attached hydrogen (secondary N) is 2. The van der Waals surface area contributed by atoms with E-state index in [0.29, 0.717) is 5.16 Å². The summed E-state index contributed by atoms with van der Waals surface area (Å²) in [5.41, 5.74) is 4.14. The summed E-state index contributed by atoms with van der Waals surface area (Å²) in [7, 11) is 1.63. The fraction of sp³-hybridized carbons (Fsp3) is 0.150. The lowest BCUT2D eigenvalue weighted by Gasteiger charge is -2.10. The molecule has 0 aliphatic heterocycles. The summed E-state index contributed by atoms with van der Waals surface area (Å²) in [6.45, 7) is 2.05. The van der Waals surface area contributed by atoms with Crippen LogP contribution in [0, 0.1) is 6.92 Å². The van der Waals surface area contributed by atoms with Gasteiger partial charge in [0.25, 0.3) is 0 Å². The summed E-state index contributed by atoms with van der Waals surface area (Å²) in [4.78, 5) is 15.0. The second-order valence-electron chi connectivity index (χ2n) is 6.19. The van der Waals surface area contributed by atoms with E-state index in [1.165, 1.54) is 11.8 Å². The number of benzene rings is 2. The highest BCUT2D eigenvalue weighted by molar-refractivity contribution is 7.99. The van der Waals surface area contributed by atoms with Gasteiger partial charge in [0.1, 0.15) is 0 Å². The zero-order valence-corrected chi connectivity index (χ0v) is 15.9. The molecule has 2 heterocycles. The van der Waals surface area contributed by atoms with Gasteiger partial charge in [0.2, 0.25) is 5.91 Å². The zero-order chi connectivity index (χ0) is 18.8. The number of aromatic nitrogens is 4. The van der Waals surface area contributed by atoms with Crippen molar-refractivity contribution in [3.63, 3.8) is 0 Å². The van der Waals surface area contributed by atoms with E-state index in [2.05, 4.69) is 45.6 Å². The molecule has 2 aromatic heterocycles. The standard InChI is InChI=1S/C20H19N5OS/c1-13-6-5-7-14(10-13)25-19(23-24-20(25)27-12-18(26)21-2)16-11-22-17-9-4-3-8-15(16)17/h3-11,22H,12H2,1-2H3,(H,21,26). The summed E-state index contributed by atoms with van der Waals surface area (Å²) in [6, 6.07) is 16.3. The van der Waals surface area contributed by atoms with Crippen LogP contribution in [0.3, 0.4) is 0 Å². The lowest BCUT2D eigenvalue weighted by molar-refractivity contribution is -0.118. The molecule has 27 heavy (non-hydrogen) atoms. The van der Waals surface area contributed by atoms with Crippen molar-refractivity contribution in [3.8, 4) is 17.1 Å². The average Bonchev–Trinajstić information content (AvgIpc) is 3.29. The van der Waals surface area contributed by atoms with Crippen molar-refractivity contribution >= 4 is 28.6 Å². The van der Waals surface area contributed by atoms with Gasteiger partial charge in [-0.2, -0.15) is 0 Å². The van der Waals surface area contributed by atoms with Crippen molar-refractivity contribution in [3.05, 3.63) is 60.3 Å². The van der Waals surface area contributed by atoms with E-state index in [0.717, 1.165) is 33.5 Å². The van der Waals surface area contributed by atoms with Crippen LogP contribution in [0.4, 0.5) is 0 Å². The number of hydrogen-bond donors (Lipinski definition) is 2. The maximum atomic E-state index is 11.7. The van der Waals surface area contributed by atoms with Gasteiger partial charge in [-0.1, -0.05) is 42.1 Å². The van der Waals surface area contributed by atoms with E-state index < -0.39 is 0 Å². The summed E-state index contributed by atoms with van der Waals surface area (Å²) < 4.78 is 2.01. The van der Waals surface area contributed by atoms with Crippen LogP contribution in [0.5, 0.6) is 0 Å². The van der Waals surface area contributed by atoms with Gasteiger partial charge < -0.3 is 10.3 Å². The molecular formula is C20H19N5OS. The van der Waals surface area contributed by atoms with Crippen molar-refractivity contribution in [2.24, 2.45) is 0 Å². The van der Waals surface area contributed by atoms with E-state index in [1.54, 1.807) is 7.05 Å². The highest BCUT2D eigenvalue weighted by Gasteiger charge is 2.19. The average molecular weight is 377 g/mol. The largest absolute Gasteiger partial charge is 0.360 e.